The zero-order chi connectivity index (χ0) is 21.3. The van der Waals surface area contributed by atoms with E-state index in [1.165, 1.54) is 0 Å². The van der Waals surface area contributed by atoms with Gasteiger partial charge in [-0.3, -0.25) is 0 Å². The summed E-state index contributed by atoms with van der Waals surface area (Å²) < 4.78 is 42.8. The molecule has 0 rings (SSSR count). The highest BCUT2D eigenvalue weighted by molar-refractivity contribution is 4.40. The first-order chi connectivity index (χ1) is 14.3. The summed E-state index contributed by atoms with van der Waals surface area (Å²) >= 11 is 0. The average molecular weight is 427 g/mol. The average Bonchev–Trinajstić information content (AvgIpc) is 2.71. The molecule has 1 N–H and O–H groups in total. The Balaban J connectivity index is 2.98. The maximum Gasteiger partial charge on any atom is 0.0701 e. The fourth-order valence-corrected chi connectivity index (χ4v) is 1.92. The molecule has 0 aliphatic heterocycles. The Morgan fingerprint density at radius 3 is 0.897 bits per heavy atom. The van der Waals surface area contributed by atoms with Gasteiger partial charge in [0.15, 0.2) is 0 Å². The molecular formula is C20H42O9. The molecule has 0 saturated carbocycles. The Labute approximate surface area is 175 Å². The molecule has 0 aromatic rings. The van der Waals surface area contributed by atoms with E-state index in [-0.39, 0.29) is 6.61 Å². The highest BCUT2D eigenvalue weighted by Crippen LogP contribution is 1.92. The van der Waals surface area contributed by atoms with Gasteiger partial charge in [-0.25, -0.2) is 0 Å². The van der Waals surface area contributed by atoms with Crippen LogP contribution in [-0.2, 0) is 37.9 Å². The standard InChI is InChI=1S/C20H42O9/c1-20(2)19-29-18-17-28-16-15-27-14-13-26-12-11-25-10-9-24-8-7-23-6-5-22-4-3-21/h20-21H,3-19H2,1-2H3. The van der Waals surface area contributed by atoms with Gasteiger partial charge in [-0.15, -0.1) is 0 Å². The Kier molecular flexibility index (Phi) is 25.4. The van der Waals surface area contributed by atoms with Crippen molar-refractivity contribution in [2.45, 2.75) is 13.8 Å². The van der Waals surface area contributed by atoms with Gasteiger partial charge >= 0.3 is 0 Å². The van der Waals surface area contributed by atoms with Crippen LogP contribution >= 0.6 is 0 Å². The van der Waals surface area contributed by atoms with Crippen molar-refractivity contribution in [3.8, 4) is 0 Å². The number of hydrogen-bond acceptors (Lipinski definition) is 9. The molecule has 0 bridgehead atoms. The molecule has 0 unspecified atom stereocenters. The van der Waals surface area contributed by atoms with Gasteiger partial charge in [-0.2, -0.15) is 0 Å². The molecule has 0 aliphatic carbocycles. The number of aliphatic hydroxyl groups is 1. The minimum Gasteiger partial charge on any atom is -0.394 e. The summed E-state index contributed by atoms with van der Waals surface area (Å²) in [5, 5.41) is 8.53. The van der Waals surface area contributed by atoms with Gasteiger partial charge in [0.25, 0.3) is 0 Å². The smallest absolute Gasteiger partial charge is 0.0701 e. The van der Waals surface area contributed by atoms with E-state index in [0.29, 0.717) is 105 Å². The fraction of sp³-hybridized carbons (Fsp3) is 1.00. The van der Waals surface area contributed by atoms with E-state index in [0.717, 1.165) is 6.61 Å². The lowest BCUT2D eigenvalue weighted by Crippen LogP contribution is -2.15. The second-order valence-corrected chi connectivity index (χ2v) is 6.48. The molecule has 0 atom stereocenters. The number of hydrogen-bond donors (Lipinski definition) is 1. The lowest BCUT2D eigenvalue weighted by Gasteiger charge is -2.09. The van der Waals surface area contributed by atoms with Crippen LogP contribution in [0.25, 0.3) is 0 Å². The molecule has 0 heterocycles. The van der Waals surface area contributed by atoms with Crippen molar-refractivity contribution in [3.05, 3.63) is 0 Å². The van der Waals surface area contributed by atoms with E-state index in [2.05, 4.69) is 13.8 Å². The minimum absolute atomic E-state index is 0.0344. The molecule has 0 radical (unpaired) electrons. The summed E-state index contributed by atoms with van der Waals surface area (Å²) in [5.41, 5.74) is 0. The van der Waals surface area contributed by atoms with Gasteiger partial charge in [0, 0.05) is 6.61 Å². The summed E-state index contributed by atoms with van der Waals surface area (Å²) in [6.07, 6.45) is 0. The lowest BCUT2D eigenvalue weighted by molar-refractivity contribution is -0.0243. The third kappa shape index (κ3) is 27.6. The van der Waals surface area contributed by atoms with E-state index in [1.54, 1.807) is 0 Å². The van der Waals surface area contributed by atoms with E-state index in [9.17, 15) is 0 Å². The first-order valence-corrected chi connectivity index (χ1v) is 10.5. The number of rotatable bonds is 25. The molecule has 0 spiro atoms. The van der Waals surface area contributed by atoms with Crippen LogP contribution in [0.4, 0.5) is 0 Å². The second-order valence-electron chi connectivity index (χ2n) is 6.48. The molecule has 9 nitrogen and oxygen atoms in total. The van der Waals surface area contributed by atoms with Crippen molar-refractivity contribution >= 4 is 0 Å². The van der Waals surface area contributed by atoms with E-state index in [1.807, 2.05) is 0 Å². The Hall–Kier alpha value is -0.360. The molecule has 0 aromatic heterocycles. The Bertz CT molecular complexity index is 293. The van der Waals surface area contributed by atoms with Gasteiger partial charge in [0.2, 0.25) is 0 Å². The van der Waals surface area contributed by atoms with Gasteiger partial charge in [-0.1, -0.05) is 13.8 Å². The molecular weight excluding hydrogens is 384 g/mol. The monoisotopic (exact) mass is 426 g/mol. The zero-order valence-electron chi connectivity index (χ0n) is 18.3. The lowest BCUT2D eigenvalue weighted by atomic mass is 10.2. The summed E-state index contributed by atoms with van der Waals surface area (Å²) in [4.78, 5) is 0. The molecule has 29 heavy (non-hydrogen) atoms. The Morgan fingerprint density at radius 2 is 0.655 bits per heavy atom. The molecule has 9 heteroatoms. The van der Waals surface area contributed by atoms with Crippen LogP contribution in [0.15, 0.2) is 0 Å². The van der Waals surface area contributed by atoms with Gasteiger partial charge < -0.3 is 43.0 Å². The third-order valence-corrected chi connectivity index (χ3v) is 3.29. The van der Waals surface area contributed by atoms with E-state index < -0.39 is 0 Å². The van der Waals surface area contributed by atoms with Crippen molar-refractivity contribution in [2.24, 2.45) is 5.92 Å². The van der Waals surface area contributed by atoms with Crippen molar-refractivity contribution < 1.29 is 43.0 Å². The minimum atomic E-state index is 0.0344. The first-order valence-electron chi connectivity index (χ1n) is 10.5. The summed E-state index contributed by atoms with van der Waals surface area (Å²) in [6, 6.07) is 0. The van der Waals surface area contributed by atoms with Crippen LogP contribution in [0, 0.1) is 5.92 Å². The molecule has 0 saturated heterocycles. The number of aliphatic hydroxyl groups excluding tert-OH is 1. The van der Waals surface area contributed by atoms with Crippen molar-refractivity contribution in [1.82, 2.24) is 0 Å². The quantitative estimate of drug-likeness (QED) is 0.212. The van der Waals surface area contributed by atoms with Crippen molar-refractivity contribution in [2.75, 3.05) is 112 Å². The highest BCUT2D eigenvalue weighted by Gasteiger charge is 1.96. The molecule has 0 fully saturated rings. The molecule has 176 valence electrons. The predicted octanol–water partition coefficient (Wildman–Crippen LogP) is 0.768. The molecule has 0 amide bonds. The first kappa shape index (κ1) is 28.6. The Morgan fingerprint density at radius 1 is 0.414 bits per heavy atom. The topological polar surface area (TPSA) is 94.1 Å². The maximum absolute atomic E-state index is 8.53. The maximum atomic E-state index is 8.53. The highest BCUT2D eigenvalue weighted by atomic mass is 16.6. The van der Waals surface area contributed by atoms with Gasteiger partial charge in [0.05, 0.1) is 106 Å². The van der Waals surface area contributed by atoms with Crippen LogP contribution in [0.2, 0.25) is 0 Å². The normalized spacial score (nSPS) is 11.6. The zero-order valence-corrected chi connectivity index (χ0v) is 18.3. The summed E-state index contributed by atoms with van der Waals surface area (Å²) in [5.74, 6) is 0.553. The van der Waals surface area contributed by atoms with Crippen LogP contribution in [0.5, 0.6) is 0 Å². The molecule has 0 aliphatic rings. The molecule has 0 aromatic carbocycles. The van der Waals surface area contributed by atoms with Crippen LogP contribution < -0.4 is 0 Å². The summed E-state index contributed by atoms with van der Waals surface area (Å²) in [7, 11) is 0. The largest absolute Gasteiger partial charge is 0.394 e. The van der Waals surface area contributed by atoms with Gasteiger partial charge in [0.1, 0.15) is 0 Å². The van der Waals surface area contributed by atoms with Gasteiger partial charge in [-0.05, 0) is 5.92 Å². The van der Waals surface area contributed by atoms with Crippen molar-refractivity contribution in [3.63, 3.8) is 0 Å². The predicted molar refractivity (Wildman–Crippen MR) is 108 cm³/mol. The fourth-order valence-electron chi connectivity index (χ4n) is 1.92. The summed E-state index contributed by atoms with van der Waals surface area (Å²) in [6.45, 7) is 13.0. The van der Waals surface area contributed by atoms with Crippen LogP contribution in [0.3, 0.4) is 0 Å². The second kappa shape index (κ2) is 25.7. The van der Waals surface area contributed by atoms with Crippen LogP contribution in [0.1, 0.15) is 13.8 Å². The van der Waals surface area contributed by atoms with E-state index >= 15 is 0 Å². The van der Waals surface area contributed by atoms with E-state index in [4.69, 9.17) is 43.0 Å². The number of ether oxygens (including phenoxy) is 8. The van der Waals surface area contributed by atoms with Crippen molar-refractivity contribution in [1.29, 1.82) is 0 Å². The third-order valence-electron chi connectivity index (χ3n) is 3.29. The SMILES string of the molecule is CC(C)COCCOCCOCCOCCOCCOCCOCCOCCO. The van der Waals surface area contributed by atoms with Crippen LogP contribution in [-0.4, -0.2) is 117 Å².